The average Bonchev–Trinajstić information content (AvgIpc) is 2.79. The lowest BCUT2D eigenvalue weighted by molar-refractivity contribution is -0.135. The Morgan fingerprint density at radius 3 is 2.41 bits per heavy atom. The molecule has 0 saturated carbocycles. The molecule has 2 aromatic carbocycles. The van der Waals surface area contributed by atoms with Gasteiger partial charge in [-0.1, -0.05) is 31.5 Å². The van der Waals surface area contributed by atoms with Crippen molar-refractivity contribution >= 4 is 34.3 Å². The minimum absolute atomic E-state index is 0.0677. The van der Waals surface area contributed by atoms with Gasteiger partial charge in [-0.15, -0.1) is 0 Å². The number of hydrogen-bond donors (Lipinski definition) is 0. The van der Waals surface area contributed by atoms with Crippen LogP contribution in [0.1, 0.15) is 29.8 Å². The van der Waals surface area contributed by atoms with Crippen molar-refractivity contribution in [3.8, 4) is 11.1 Å². The predicted molar refractivity (Wildman–Crippen MR) is 124 cm³/mol. The number of benzene rings is 2. The Hall–Kier alpha value is -2.99. The molecule has 3 aromatic rings. The number of piperazine rings is 1. The molecule has 166 valence electrons. The van der Waals surface area contributed by atoms with Crippen molar-refractivity contribution in [3.05, 3.63) is 64.6 Å². The Labute approximate surface area is 191 Å². The Kier molecular flexibility index (Phi) is 6.15. The van der Waals surface area contributed by atoms with Crippen LogP contribution in [0.25, 0.3) is 22.0 Å². The summed E-state index contributed by atoms with van der Waals surface area (Å²) in [5.41, 5.74) is 2.86. The van der Waals surface area contributed by atoms with Crippen LogP contribution in [-0.2, 0) is 4.79 Å². The normalized spacial score (nSPS) is 14.3. The van der Waals surface area contributed by atoms with E-state index in [1.807, 2.05) is 32.9 Å². The van der Waals surface area contributed by atoms with Crippen LogP contribution >= 0.6 is 11.6 Å². The SMILES string of the molecule is Cc1cc(-c2ccc3nccc(Cl)c3c2)c(F)cc1C(=O)N1CCN(C(=O)C(C)C)CC1. The lowest BCUT2D eigenvalue weighted by Crippen LogP contribution is -2.51. The van der Waals surface area contributed by atoms with E-state index in [1.165, 1.54) is 6.07 Å². The van der Waals surface area contributed by atoms with E-state index >= 15 is 4.39 Å². The summed E-state index contributed by atoms with van der Waals surface area (Å²) in [5.74, 6) is -0.654. The number of nitrogens with zero attached hydrogens (tertiary/aromatic N) is 3. The summed E-state index contributed by atoms with van der Waals surface area (Å²) in [7, 11) is 0. The number of carbonyl (C=O) groups is 2. The van der Waals surface area contributed by atoms with Crippen LogP contribution in [-0.4, -0.2) is 52.8 Å². The maximum Gasteiger partial charge on any atom is 0.254 e. The number of amides is 2. The fourth-order valence-corrected chi connectivity index (χ4v) is 4.29. The van der Waals surface area contributed by atoms with Crippen molar-refractivity contribution in [1.82, 2.24) is 14.8 Å². The summed E-state index contributed by atoms with van der Waals surface area (Å²) in [6, 6.07) is 10.1. The molecule has 5 nitrogen and oxygen atoms in total. The largest absolute Gasteiger partial charge is 0.339 e. The number of pyridine rings is 1. The summed E-state index contributed by atoms with van der Waals surface area (Å²) >= 11 is 6.28. The number of carbonyl (C=O) groups excluding carboxylic acids is 2. The Bertz CT molecular complexity index is 1200. The van der Waals surface area contributed by atoms with Gasteiger partial charge in [0, 0.05) is 54.8 Å². The third kappa shape index (κ3) is 4.19. The van der Waals surface area contributed by atoms with Gasteiger partial charge in [0.25, 0.3) is 5.91 Å². The first-order valence-corrected chi connectivity index (χ1v) is 11.1. The second-order valence-electron chi connectivity index (χ2n) is 8.44. The molecule has 0 N–H and O–H groups in total. The molecule has 1 aliphatic heterocycles. The van der Waals surface area contributed by atoms with Crippen LogP contribution in [0.15, 0.2) is 42.6 Å². The molecule has 0 spiro atoms. The van der Waals surface area contributed by atoms with Crippen LogP contribution in [0, 0.1) is 18.7 Å². The summed E-state index contributed by atoms with van der Waals surface area (Å²) in [5, 5.41) is 1.30. The number of aryl methyl sites for hydroxylation is 1. The first kappa shape index (κ1) is 22.2. The van der Waals surface area contributed by atoms with Crippen LogP contribution in [0.3, 0.4) is 0 Å². The smallest absolute Gasteiger partial charge is 0.254 e. The molecule has 0 aliphatic carbocycles. The van der Waals surface area contributed by atoms with Gasteiger partial charge in [0.2, 0.25) is 5.91 Å². The maximum absolute atomic E-state index is 15.1. The molecule has 0 bridgehead atoms. The second kappa shape index (κ2) is 8.87. The molecular weight excluding hydrogens is 429 g/mol. The van der Waals surface area contributed by atoms with E-state index in [0.29, 0.717) is 53.5 Å². The van der Waals surface area contributed by atoms with Gasteiger partial charge in [0.1, 0.15) is 5.82 Å². The van der Waals surface area contributed by atoms with Crippen molar-refractivity contribution in [1.29, 1.82) is 0 Å². The van der Waals surface area contributed by atoms with Crippen molar-refractivity contribution in [2.24, 2.45) is 5.92 Å². The zero-order valence-electron chi connectivity index (χ0n) is 18.4. The highest BCUT2D eigenvalue weighted by molar-refractivity contribution is 6.35. The van der Waals surface area contributed by atoms with E-state index in [-0.39, 0.29) is 17.7 Å². The van der Waals surface area contributed by atoms with Crippen molar-refractivity contribution < 1.29 is 14.0 Å². The topological polar surface area (TPSA) is 53.5 Å². The van der Waals surface area contributed by atoms with Crippen LogP contribution in [0.4, 0.5) is 4.39 Å². The van der Waals surface area contributed by atoms with Crippen LogP contribution in [0.2, 0.25) is 5.02 Å². The molecule has 32 heavy (non-hydrogen) atoms. The van der Waals surface area contributed by atoms with Gasteiger partial charge in [0.05, 0.1) is 10.5 Å². The molecule has 7 heteroatoms. The van der Waals surface area contributed by atoms with Gasteiger partial charge in [-0.05, 0) is 48.4 Å². The molecule has 1 aromatic heterocycles. The Morgan fingerprint density at radius 2 is 1.72 bits per heavy atom. The van der Waals surface area contributed by atoms with Crippen LogP contribution < -0.4 is 0 Å². The lowest BCUT2D eigenvalue weighted by Gasteiger charge is -2.35. The van der Waals surface area contributed by atoms with Gasteiger partial charge in [-0.3, -0.25) is 14.6 Å². The van der Waals surface area contributed by atoms with Crippen molar-refractivity contribution in [2.75, 3.05) is 26.2 Å². The predicted octanol–water partition coefficient (Wildman–Crippen LogP) is 4.94. The van der Waals surface area contributed by atoms with E-state index in [2.05, 4.69) is 4.98 Å². The highest BCUT2D eigenvalue weighted by atomic mass is 35.5. The molecule has 0 unspecified atom stereocenters. The van der Waals surface area contributed by atoms with E-state index in [0.717, 1.165) is 10.9 Å². The van der Waals surface area contributed by atoms with E-state index < -0.39 is 5.82 Å². The van der Waals surface area contributed by atoms with E-state index in [9.17, 15) is 9.59 Å². The van der Waals surface area contributed by atoms with Gasteiger partial charge in [-0.25, -0.2) is 4.39 Å². The van der Waals surface area contributed by atoms with Crippen molar-refractivity contribution in [3.63, 3.8) is 0 Å². The number of halogens is 2. The minimum atomic E-state index is -0.466. The number of rotatable bonds is 3. The molecule has 1 aliphatic rings. The first-order valence-electron chi connectivity index (χ1n) is 10.7. The van der Waals surface area contributed by atoms with Gasteiger partial charge in [0.15, 0.2) is 0 Å². The molecule has 0 radical (unpaired) electrons. The number of fused-ring (bicyclic) bond motifs is 1. The highest BCUT2D eigenvalue weighted by Gasteiger charge is 2.27. The van der Waals surface area contributed by atoms with E-state index in [1.54, 1.807) is 34.2 Å². The fraction of sp³-hybridized carbons (Fsp3) is 0.320. The molecule has 2 heterocycles. The molecule has 4 rings (SSSR count). The summed E-state index contributed by atoms with van der Waals surface area (Å²) in [4.78, 5) is 33.0. The summed E-state index contributed by atoms with van der Waals surface area (Å²) < 4.78 is 15.1. The minimum Gasteiger partial charge on any atom is -0.339 e. The summed E-state index contributed by atoms with van der Waals surface area (Å²) in [6.07, 6.45) is 1.63. The van der Waals surface area contributed by atoms with Gasteiger partial charge >= 0.3 is 0 Å². The van der Waals surface area contributed by atoms with Gasteiger partial charge < -0.3 is 9.80 Å². The molecule has 1 fully saturated rings. The second-order valence-corrected chi connectivity index (χ2v) is 8.85. The fourth-order valence-electron chi connectivity index (χ4n) is 4.08. The van der Waals surface area contributed by atoms with E-state index in [4.69, 9.17) is 11.6 Å². The third-order valence-electron chi connectivity index (χ3n) is 5.92. The van der Waals surface area contributed by atoms with Gasteiger partial charge in [-0.2, -0.15) is 0 Å². The standard InChI is InChI=1S/C25H25ClFN3O2/c1-15(2)24(31)29-8-10-30(11-9-29)25(32)18-14-22(27)19(12-16(18)3)17-4-5-23-20(13-17)21(26)6-7-28-23/h4-7,12-15H,8-11H2,1-3H3. The molecule has 2 amide bonds. The third-order valence-corrected chi connectivity index (χ3v) is 6.25. The van der Waals surface area contributed by atoms with Crippen molar-refractivity contribution in [2.45, 2.75) is 20.8 Å². The Morgan fingerprint density at radius 1 is 1.03 bits per heavy atom. The average molecular weight is 454 g/mol. The zero-order valence-corrected chi connectivity index (χ0v) is 19.1. The highest BCUT2D eigenvalue weighted by Crippen LogP contribution is 2.31. The number of hydrogen-bond acceptors (Lipinski definition) is 3. The lowest BCUT2D eigenvalue weighted by atomic mass is 9.97. The first-order chi connectivity index (χ1) is 15.3. The molecule has 0 atom stereocenters. The van der Waals surface area contributed by atoms with Crippen LogP contribution in [0.5, 0.6) is 0 Å². The molecule has 1 saturated heterocycles. The maximum atomic E-state index is 15.1. The summed E-state index contributed by atoms with van der Waals surface area (Å²) in [6.45, 7) is 7.42. The zero-order chi connectivity index (χ0) is 23.0. The number of aromatic nitrogens is 1. The Balaban J connectivity index is 1.58. The monoisotopic (exact) mass is 453 g/mol. The molecular formula is C25H25ClFN3O2. The quantitative estimate of drug-likeness (QED) is 0.564.